The number of hydrogen-bond donors (Lipinski definition) is 4. The quantitative estimate of drug-likeness (QED) is 0.393. The summed E-state index contributed by atoms with van der Waals surface area (Å²) in [6.45, 7) is 2.77. The second-order valence-corrected chi connectivity index (χ2v) is 3.11. The van der Waals surface area contributed by atoms with E-state index in [4.69, 9.17) is 11.5 Å². The number of nitrogens with one attached hydrogen (secondary N) is 1. The van der Waals surface area contributed by atoms with Crippen LogP contribution >= 0.6 is 0 Å². The van der Waals surface area contributed by atoms with Crippen molar-refractivity contribution in [2.45, 2.75) is 31.9 Å². The lowest BCUT2D eigenvalue weighted by Crippen LogP contribution is -2.45. The van der Waals surface area contributed by atoms with Crippen LogP contribution in [0.15, 0.2) is 0 Å². The molecule has 0 bridgehead atoms. The first-order valence-electron chi connectivity index (χ1n) is 4.51. The molecular weight excluding hydrogens is 170 g/mol. The van der Waals surface area contributed by atoms with Gasteiger partial charge in [-0.3, -0.25) is 4.79 Å². The topological polar surface area (TPSA) is 101 Å². The van der Waals surface area contributed by atoms with E-state index < -0.39 is 11.9 Å². The summed E-state index contributed by atoms with van der Waals surface area (Å²) in [5.41, 5.74) is 10.3. The van der Waals surface area contributed by atoms with Crippen molar-refractivity contribution < 1.29 is 9.90 Å². The van der Waals surface area contributed by atoms with Crippen LogP contribution in [-0.2, 0) is 4.79 Å². The standard InChI is InChI=1S/C8H19N3O2/c1-2-3-6(12)4-11-5-7(9)8(10)13/h6-7,11-12H,2-5,9H2,1H3,(H2,10,13). The normalized spacial score (nSPS) is 15.3. The largest absolute Gasteiger partial charge is 0.392 e. The predicted octanol–water partition coefficient (Wildman–Crippen LogP) is -1.45. The minimum atomic E-state index is -0.672. The molecule has 0 aliphatic heterocycles. The molecule has 2 atom stereocenters. The summed E-state index contributed by atoms with van der Waals surface area (Å²) >= 11 is 0. The van der Waals surface area contributed by atoms with Crippen LogP contribution in [0.5, 0.6) is 0 Å². The van der Waals surface area contributed by atoms with Gasteiger partial charge in [0.2, 0.25) is 5.91 Å². The second kappa shape index (κ2) is 6.82. The zero-order chi connectivity index (χ0) is 10.3. The Morgan fingerprint density at radius 2 is 2.15 bits per heavy atom. The molecule has 0 heterocycles. The fourth-order valence-corrected chi connectivity index (χ4v) is 0.941. The van der Waals surface area contributed by atoms with Gasteiger partial charge in [0.1, 0.15) is 0 Å². The Bertz CT molecular complexity index is 152. The van der Waals surface area contributed by atoms with Crippen molar-refractivity contribution in [2.75, 3.05) is 13.1 Å². The Kier molecular flexibility index (Phi) is 6.48. The Morgan fingerprint density at radius 1 is 1.54 bits per heavy atom. The summed E-state index contributed by atoms with van der Waals surface area (Å²) in [5.74, 6) is -0.530. The van der Waals surface area contributed by atoms with Crippen molar-refractivity contribution in [1.82, 2.24) is 5.32 Å². The van der Waals surface area contributed by atoms with E-state index in [0.29, 0.717) is 13.1 Å². The number of carbonyl (C=O) groups is 1. The third-order valence-electron chi connectivity index (χ3n) is 1.73. The molecular formula is C8H19N3O2. The third kappa shape index (κ3) is 6.51. The highest BCUT2D eigenvalue weighted by Crippen LogP contribution is 1.93. The van der Waals surface area contributed by atoms with Gasteiger partial charge in [-0.2, -0.15) is 0 Å². The van der Waals surface area contributed by atoms with Crippen LogP contribution in [0.1, 0.15) is 19.8 Å². The summed E-state index contributed by atoms with van der Waals surface area (Å²) in [4.78, 5) is 10.5. The van der Waals surface area contributed by atoms with Gasteiger partial charge in [-0.25, -0.2) is 0 Å². The highest BCUT2D eigenvalue weighted by atomic mass is 16.3. The molecule has 0 fully saturated rings. The third-order valence-corrected chi connectivity index (χ3v) is 1.73. The summed E-state index contributed by atoms with van der Waals surface area (Å²) in [6, 6.07) is -0.672. The van der Waals surface area contributed by atoms with Crippen molar-refractivity contribution in [3.63, 3.8) is 0 Å². The van der Waals surface area contributed by atoms with E-state index in [1.807, 2.05) is 6.92 Å². The first-order chi connectivity index (χ1) is 6.07. The van der Waals surface area contributed by atoms with Crippen LogP contribution in [0.3, 0.4) is 0 Å². The van der Waals surface area contributed by atoms with Gasteiger partial charge in [0, 0.05) is 13.1 Å². The number of rotatable bonds is 7. The molecule has 6 N–H and O–H groups in total. The molecule has 13 heavy (non-hydrogen) atoms. The van der Waals surface area contributed by atoms with Gasteiger partial charge in [0.25, 0.3) is 0 Å². The lowest BCUT2D eigenvalue weighted by Gasteiger charge is -2.12. The summed E-state index contributed by atoms with van der Waals surface area (Å²) in [7, 11) is 0. The maximum absolute atomic E-state index is 10.5. The lowest BCUT2D eigenvalue weighted by atomic mass is 10.2. The van der Waals surface area contributed by atoms with E-state index in [9.17, 15) is 9.90 Å². The fourth-order valence-electron chi connectivity index (χ4n) is 0.941. The van der Waals surface area contributed by atoms with Crippen molar-refractivity contribution in [1.29, 1.82) is 0 Å². The number of nitrogens with two attached hydrogens (primary N) is 2. The Labute approximate surface area is 78.5 Å². The first kappa shape index (κ1) is 12.3. The molecule has 0 radical (unpaired) electrons. The minimum absolute atomic E-state index is 0.316. The molecule has 5 nitrogen and oxygen atoms in total. The maximum atomic E-state index is 10.5. The second-order valence-electron chi connectivity index (χ2n) is 3.11. The van der Waals surface area contributed by atoms with Crippen LogP contribution in [0.4, 0.5) is 0 Å². The maximum Gasteiger partial charge on any atom is 0.235 e. The Morgan fingerprint density at radius 3 is 2.62 bits per heavy atom. The Hall–Kier alpha value is -0.650. The van der Waals surface area contributed by atoms with E-state index in [0.717, 1.165) is 12.8 Å². The van der Waals surface area contributed by atoms with E-state index >= 15 is 0 Å². The smallest absolute Gasteiger partial charge is 0.235 e. The number of hydrogen-bond acceptors (Lipinski definition) is 4. The monoisotopic (exact) mass is 189 g/mol. The molecule has 0 rings (SSSR count). The van der Waals surface area contributed by atoms with E-state index in [1.54, 1.807) is 0 Å². The zero-order valence-electron chi connectivity index (χ0n) is 7.99. The number of aliphatic hydroxyl groups excluding tert-OH is 1. The van der Waals surface area contributed by atoms with E-state index in [-0.39, 0.29) is 6.10 Å². The van der Waals surface area contributed by atoms with Crippen LogP contribution in [0.2, 0.25) is 0 Å². The van der Waals surface area contributed by atoms with Crippen molar-refractivity contribution in [2.24, 2.45) is 11.5 Å². The average molecular weight is 189 g/mol. The molecule has 0 spiro atoms. The van der Waals surface area contributed by atoms with E-state index in [1.165, 1.54) is 0 Å². The van der Waals surface area contributed by atoms with Gasteiger partial charge >= 0.3 is 0 Å². The molecule has 5 heteroatoms. The van der Waals surface area contributed by atoms with E-state index in [2.05, 4.69) is 5.32 Å². The molecule has 0 aliphatic rings. The molecule has 0 aromatic rings. The number of amides is 1. The molecule has 0 aromatic heterocycles. The van der Waals surface area contributed by atoms with Gasteiger partial charge < -0.3 is 21.9 Å². The molecule has 0 aliphatic carbocycles. The van der Waals surface area contributed by atoms with Gasteiger partial charge in [0.15, 0.2) is 0 Å². The van der Waals surface area contributed by atoms with Gasteiger partial charge in [-0.05, 0) is 6.42 Å². The molecule has 1 amide bonds. The van der Waals surface area contributed by atoms with Gasteiger partial charge in [-0.15, -0.1) is 0 Å². The average Bonchev–Trinajstić information content (AvgIpc) is 2.04. The number of aliphatic hydroxyl groups is 1. The van der Waals surface area contributed by atoms with Crippen molar-refractivity contribution >= 4 is 5.91 Å². The van der Waals surface area contributed by atoms with Crippen LogP contribution in [0.25, 0.3) is 0 Å². The lowest BCUT2D eigenvalue weighted by molar-refractivity contribution is -0.119. The molecule has 78 valence electrons. The first-order valence-corrected chi connectivity index (χ1v) is 4.51. The highest BCUT2D eigenvalue weighted by molar-refractivity contribution is 5.79. The van der Waals surface area contributed by atoms with Crippen molar-refractivity contribution in [3.8, 4) is 0 Å². The Balaban J connectivity index is 3.39. The zero-order valence-corrected chi connectivity index (χ0v) is 7.99. The van der Waals surface area contributed by atoms with Gasteiger partial charge in [-0.1, -0.05) is 13.3 Å². The van der Waals surface area contributed by atoms with Crippen LogP contribution in [-0.4, -0.2) is 36.2 Å². The predicted molar refractivity (Wildman–Crippen MR) is 51.0 cm³/mol. The minimum Gasteiger partial charge on any atom is -0.392 e. The fraction of sp³-hybridized carbons (Fsp3) is 0.875. The van der Waals surface area contributed by atoms with Crippen LogP contribution < -0.4 is 16.8 Å². The number of primary amides is 1. The molecule has 0 aromatic carbocycles. The number of carbonyl (C=O) groups excluding carboxylic acids is 1. The van der Waals surface area contributed by atoms with Crippen LogP contribution in [0, 0.1) is 0 Å². The SMILES string of the molecule is CCCC(O)CNCC(N)C(N)=O. The van der Waals surface area contributed by atoms with Gasteiger partial charge in [0.05, 0.1) is 12.1 Å². The highest BCUT2D eigenvalue weighted by Gasteiger charge is 2.09. The summed E-state index contributed by atoms with van der Waals surface area (Å²) in [5, 5.41) is 12.2. The summed E-state index contributed by atoms with van der Waals surface area (Å²) < 4.78 is 0. The van der Waals surface area contributed by atoms with Crippen molar-refractivity contribution in [3.05, 3.63) is 0 Å². The molecule has 0 saturated heterocycles. The molecule has 0 saturated carbocycles. The molecule has 2 unspecified atom stereocenters. The summed E-state index contributed by atoms with van der Waals surface area (Å²) in [6.07, 6.45) is 1.31.